The number of benzene rings is 1. The van der Waals surface area contributed by atoms with E-state index in [2.05, 4.69) is 31.3 Å². The highest BCUT2D eigenvalue weighted by Gasteiger charge is 2.45. The van der Waals surface area contributed by atoms with Gasteiger partial charge in [0.15, 0.2) is 11.2 Å². The molecule has 0 radical (unpaired) electrons. The molecule has 24 heavy (non-hydrogen) atoms. The first kappa shape index (κ1) is 16.0. The van der Waals surface area contributed by atoms with E-state index in [0.717, 1.165) is 18.5 Å². The highest BCUT2D eigenvalue weighted by atomic mass is 79.9. The van der Waals surface area contributed by atoms with Crippen LogP contribution in [0.3, 0.4) is 0 Å². The first-order chi connectivity index (χ1) is 11.6. The van der Waals surface area contributed by atoms with E-state index in [9.17, 15) is 4.79 Å². The van der Waals surface area contributed by atoms with Gasteiger partial charge in [-0.05, 0) is 31.9 Å². The number of rotatable bonds is 2. The summed E-state index contributed by atoms with van der Waals surface area (Å²) in [7, 11) is 0. The van der Waals surface area contributed by atoms with Crippen molar-refractivity contribution in [2.45, 2.75) is 41.9 Å². The predicted octanol–water partition coefficient (Wildman–Crippen LogP) is 3.75. The van der Waals surface area contributed by atoms with Crippen LogP contribution in [-0.4, -0.2) is 44.0 Å². The van der Waals surface area contributed by atoms with Crippen LogP contribution in [-0.2, 0) is 4.79 Å². The van der Waals surface area contributed by atoms with E-state index in [4.69, 9.17) is 4.99 Å². The van der Waals surface area contributed by atoms with Crippen molar-refractivity contribution in [1.82, 2.24) is 5.01 Å². The van der Waals surface area contributed by atoms with Gasteiger partial charge in [0, 0.05) is 10.1 Å². The topological polar surface area (TPSA) is 69.8 Å². The molecular weight excluding hydrogens is 390 g/mol. The average Bonchev–Trinajstić information content (AvgIpc) is 3.23. The fourth-order valence-corrected chi connectivity index (χ4v) is 5.28. The van der Waals surface area contributed by atoms with Gasteiger partial charge in [-0.1, -0.05) is 45.9 Å². The molecule has 1 aromatic rings. The molecule has 0 spiro atoms. The minimum Gasteiger partial charge on any atom is -0.269 e. The molecule has 0 unspecified atom stereocenters. The Hall–Kier alpha value is -1.54. The number of hydrazone groups is 1. The maximum Gasteiger partial charge on any atom is 0.281 e. The van der Waals surface area contributed by atoms with Crippen LogP contribution < -0.4 is 0 Å². The van der Waals surface area contributed by atoms with Crippen molar-refractivity contribution in [3.8, 4) is 0 Å². The minimum atomic E-state index is -0.659. The number of carbonyl (C=O) groups excluding carboxylic acids is 1. The summed E-state index contributed by atoms with van der Waals surface area (Å²) in [5.41, 5.74) is 1.37. The Labute approximate surface area is 152 Å². The van der Waals surface area contributed by atoms with Crippen LogP contribution in [0, 0.1) is 0 Å². The number of amidine groups is 1. The lowest BCUT2D eigenvalue weighted by molar-refractivity contribution is -0.125. The lowest BCUT2D eigenvalue weighted by Gasteiger charge is -2.14. The number of fused-ring (bicyclic) bond motifs is 1. The maximum atomic E-state index is 12.7. The van der Waals surface area contributed by atoms with Crippen LogP contribution in [0.1, 0.15) is 19.8 Å². The monoisotopic (exact) mass is 405 g/mol. The van der Waals surface area contributed by atoms with E-state index in [1.807, 2.05) is 30.3 Å². The van der Waals surface area contributed by atoms with Gasteiger partial charge in [-0.15, -0.1) is 0 Å². The van der Waals surface area contributed by atoms with Gasteiger partial charge in [0.2, 0.25) is 0 Å². The molecule has 0 aromatic heterocycles. The number of amides is 1. The number of thioether (sulfide) groups is 1. The number of halogens is 1. The van der Waals surface area contributed by atoms with Gasteiger partial charge in [0.05, 0.1) is 17.4 Å². The number of alkyl halides is 1. The van der Waals surface area contributed by atoms with Crippen LogP contribution in [0.5, 0.6) is 0 Å². The number of nitrogens with zero attached hydrogens (tertiary/aromatic N) is 5. The number of hydrogen-bond donors (Lipinski definition) is 0. The summed E-state index contributed by atoms with van der Waals surface area (Å²) in [4.78, 5) is 17.8. The van der Waals surface area contributed by atoms with E-state index in [0.29, 0.717) is 21.0 Å². The van der Waals surface area contributed by atoms with Gasteiger partial charge in [0.1, 0.15) is 0 Å². The lowest BCUT2D eigenvalue weighted by Crippen LogP contribution is -2.32. The molecule has 4 atom stereocenters. The Balaban J connectivity index is 1.50. The Morgan fingerprint density at radius 3 is 2.83 bits per heavy atom. The number of hydrogen-bond acceptors (Lipinski definition) is 6. The zero-order valence-electron chi connectivity index (χ0n) is 13.0. The average molecular weight is 406 g/mol. The normalized spacial score (nSPS) is 32.4. The number of carbonyl (C=O) groups is 1. The standard InChI is InChI=1S/C16H16BrN5OS/c1-9-13(20-19-10-5-3-2-4-6-10)15(23)22(21-9)16-18-12-8-7-11(17)14(12)24-16/h2-6,11-14H,7-8H2,1H3/t11-,12-,13-,14-/m0/s1. The first-order valence-electron chi connectivity index (χ1n) is 7.87. The highest BCUT2D eigenvalue weighted by molar-refractivity contribution is 9.09. The second-order valence-corrected chi connectivity index (χ2v) is 8.32. The van der Waals surface area contributed by atoms with Gasteiger partial charge < -0.3 is 0 Å². The summed E-state index contributed by atoms with van der Waals surface area (Å²) in [6.45, 7) is 1.81. The van der Waals surface area contributed by atoms with Gasteiger partial charge in [-0.25, -0.2) is 0 Å². The zero-order valence-corrected chi connectivity index (χ0v) is 15.4. The predicted molar refractivity (Wildman–Crippen MR) is 99.3 cm³/mol. The lowest BCUT2D eigenvalue weighted by atomic mass is 10.2. The third-order valence-corrected chi connectivity index (χ3v) is 7.10. The van der Waals surface area contributed by atoms with Crippen molar-refractivity contribution in [2.75, 3.05) is 0 Å². The van der Waals surface area contributed by atoms with Gasteiger partial charge in [0.25, 0.3) is 5.91 Å². The Morgan fingerprint density at radius 2 is 2.08 bits per heavy atom. The number of aliphatic imine (C=N–C) groups is 1. The maximum absolute atomic E-state index is 12.7. The molecule has 0 N–H and O–H groups in total. The van der Waals surface area contributed by atoms with Crippen molar-refractivity contribution in [2.24, 2.45) is 20.3 Å². The minimum absolute atomic E-state index is 0.176. The zero-order chi connectivity index (χ0) is 16.7. The van der Waals surface area contributed by atoms with Crippen LogP contribution in [0.2, 0.25) is 0 Å². The van der Waals surface area contributed by atoms with E-state index < -0.39 is 6.04 Å². The van der Waals surface area contributed by atoms with Crippen LogP contribution in [0.4, 0.5) is 5.69 Å². The van der Waals surface area contributed by atoms with Crippen LogP contribution >= 0.6 is 27.7 Å². The molecule has 4 rings (SSSR count). The summed E-state index contributed by atoms with van der Waals surface area (Å²) in [6, 6.07) is 9.01. The molecule has 1 fully saturated rings. The largest absolute Gasteiger partial charge is 0.281 e. The Kier molecular flexibility index (Phi) is 4.26. The molecule has 0 bridgehead atoms. The second-order valence-electron chi connectivity index (χ2n) is 6.00. The summed E-state index contributed by atoms with van der Waals surface area (Å²) < 4.78 is 0. The third kappa shape index (κ3) is 2.82. The van der Waals surface area contributed by atoms with E-state index in [1.54, 1.807) is 18.7 Å². The van der Waals surface area contributed by atoms with Crippen molar-refractivity contribution < 1.29 is 4.79 Å². The highest BCUT2D eigenvalue weighted by Crippen LogP contribution is 2.43. The van der Waals surface area contributed by atoms with Gasteiger partial charge in [-0.2, -0.15) is 20.3 Å². The summed E-state index contributed by atoms with van der Waals surface area (Å²) in [6.07, 6.45) is 2.18. The molecule has 6 nitrogen and oxygen atoms in total. The quantitative estimate of drug-likeness (QED) is 0.555. The van der Waals surface area contributed by atoms with Crippen LogP contribution in [0.15, 0.2) is 50.7 Å². The van der Waals surface area contributed by atoms with Crippen molar-refractivity contribution >= 4 is 50.2 Å². The van der Waals surface area contributed by atoms with Crippen molar-refractivity contribution in [1.29, 1.82) is 0 Å². The van der Waals surface area contributed by atoms with Gasteiger partial charge in [-0.3, -0.25) is 9.79 Å². The Bertz CT molecular complexity index is 750. The summed E-state index contributed by atoms with van der Waals surface area (Å²) in [5.74, 6) is -0.176. The van der Waals surface area contributed by atoms with E-state index >= 15 is 0 Å². The summed E-state index contributed by atoms with van der Waals surface area (Å²) in [5, 5.41) is 15.2. The molecule has 124 valence electrons. The van der Waals surface area contributed by atoms with E-state index in [1.165, 1.54) is 5.01 Å². The molecular formula is C16H16BrN5OS. The molecule has 1 aliphatic carbocycles. The summed E-state index contributed by atoms with van der Waals surface area (Å²) >= 11 is 5.34. The van der Waals surface area contributed by atoms with Crippen molar-refractivity contribution in [3.63, 3.8) is 0 Å². The second kappa shape index (κ2) is 6.40. The van der Waals surface area contributed by atoms with Crippen molar-refractivity contribution in [3.05, 3.63) is 30.3 Å². The Morgan fingerprint density at radius 1 is 1.29 bits per heavy atom. The molecule has 3 aliphatic rings. The molecule has 0 saturated heterocycles. The molecule has 1 aromatic carbocycles. The fraction of sp³-hybridized carbons (Fsp3) is 0.438. The smallest absolute Gasteiger partial charge is 0.269 e. The molecule has 1 amide bonds. The number of azo groups is 1. The molecule has 2 heterocycles. The first-order valence-corrected chi connectivity index (χ1v) is 9.66. The SMILES string of the molecule is CC1=NN(C2=N[C@H]3CC[C@H](Br)[C@@H]3S2)C(=O)[C@H]1N=Nc1ccccc1. The molecule has 1 saturated carbocycles. The fourth-order valence-electron chi connectivity index (χ4n) is 3.03. The molecule has 2 aliphatic heterocycles. The third-order valence-electron chi connectivity index (χ3n) is 4.31. The van der Waals surface area contributed by atoms with Gasteiger partial charge >= 0.3 is 0 Å². The van der Waals surface area contributed by atoms with Crippen LogP contribution in [0.25, 0.3) is 0 Å². The molecule has 8 heteroatoms. The van der Waals surface area contributed by atoms with E-state index in [-0.39, 0.29) is 11.9 Å².